The van der Waals surface area contributed by atoms with Gasteiger partial charge in [0, 0.05) is 0 Å². The quantitative estimate of drug-likeness (QED) is 0.489. The molecule has 0 spiro atoms. The summed E-state index contributed by atoms with van der Waals surface area (Å²) in [6, 6.07) is 16.9. The number of nitrogens with zero attached hydrogens (tertiary/aromatic N) is 1. The number of benzene rings is 2. The third kappa shape index (κ3) is 3.93. The van der Waals surface area contributed by atoms with Gasteiger partial charge in [-0.1, -0.05) is 30.3 Å². The summed E-state index contributed by atoms with van der Waals surface area (Å²) < 4.78 is 11.1. The SMILES string of the molecule is N#CNc1ccccc1OCCOc1ccccc1. The Morgan fingerprint density at radius 1 is 0.895 bits per heavy atom. The van der Waals surface area contributed by atoms with Crippen LogP contribution in [0.1, 0.15) is 0 Å². The van der Waals surface area contributed by atoms with Crippen LogP contribution >= 0.6 is 0 Å². The van der Waals surface area contributed by atoms with E-state index in [2.05, 4.69) is 5.32 Å². The van der Waals surface area contributed by atoms with E-state index in [4.69, 9.17) is 14.7 Å². The number of nitrogens with one attached hydrogen (secondary N) is 1. The molecule has 19 heavy (non-hydrogen) atoms. The van der Waals surface area contributed by atoms with Crippen molar-refractivity contribution >= 4 is 5.69 Å². The molecule has 0 aliphatic carbocycles. The van der Waals surface area contributed by atoms with Crippen molar-refractivity contribution in [3.05, 3.63) is 54.6 Å². The minimum atomic E-state index is 0.416. The maximum absolute atomic E-state index is 8.62. The van der Waals surface area contributed by atoms with Gasteiger partial charge in [-0.15, -0.1) is 0 Å². The molecule has 0 fully saturated rings. The molecule has 2 aromatic carbocycles. The van der Waals surface area contributed by atoms with Crippen LogP contribution in [0.25, 0.3) is 0 Å². The Morgan fingerprint density at radius 2 is 1.58 bits per heavy atom. The highest BCUT2D eigenvalue weighted by Gasteiger charge is 2.01. The zero-order valence-electron chi connectivity index (χ0n) is 10.4. The van der Waals surface area contributed by atoms with Gasteiger partial charge in [-0.2, -0.15) is 5.26 Å². The first-order valence-corrected chi connectivity index (χ1v) is 5.95. The van der Waals surface area contributed by atoms with Gasteiger partial charge in [0.15, 0.2) is 6.19 Å². The van der Waals surface area contributed by atoms with Crippen LogP contribution in [0.15, 0.2) is 54.6 Å². The lowest BCUT2D eigenvalue weighted by molar-refractivity contribution is 0.218. The van der Waals surface area contributed by atoms with Crippen molar-refractivity contribution < 1.29 is 9.47 Å². The Kier molecular flexibility index (Phi) is 4.65. The van der Waals surface area contributed by atoms with Crippen molar-refractivity contribution in [2.75, 3.05) is 18.5 Å². The molecule has 0 unspecified atom stereocenters. The highest BCUT2D eigenvalue weighted by molar-refractivity contribution is 5.58. The Morgan fingerprint density at radius 3 is 2.37 bits per heavy atom. The molecule has 2 aromatic rings. The molecule has 4 nitrogen and oxygen atoms in total. The molecule has 0 atom stereocenters. The third-order valence-corrected chi connectivity index (χ3v) is 2.43. The zero-order chi connectivity index (χ0) is 13.3. The van der Waals surface area contributed by atoms with Crippen molar-refractivity contribution in [2.24, 2.45) is 0 Å². The Labute approximate surface area is 112 Å². The van der Waals surface area contributed by atoms with Crippen LogP contribution in [0.4, 0.5) is 5.69 Å². The first-order valence-electron chi connectivity index (χ1n) is 5.95. The summed E-state index contributed by atoms with van der Waals surface area (Å²) in [6.07, 6.45) is 1.88. The zero-order valence-corrected chi connectivity index (χ0v) is 10.4. The van der Waals surface area contributed by atoms with E-state index in [9.17, 15) is 0 Å². The first-order chi connectivity index (χ1) is 9.40. The van der Waals surface area contributed by atoms with Gasteiger partial charge in [-0.05, 0) is 24.3 Å². The Balaban J connectivity index is 1.81. The van der Waals surface area contributed by atoms with Crippen LogP contribution in [-0.4, -0.2) is 13.2 Å². The number of hydrogen-bond acceptors (Lipinski definition) is 4. The number of hydrogen-bond donors (Lipinski definition) is 1. The number of anilines is 1. The van der Waals surface area contributed by atoms with Gasteiger partial charge in [0.2, 0.25) is 0 Å². The minimum absolute atomic E-state index is 0.416. The lowest BCUT2D eigenvalue weighted by atomic mass is 10.3. The number of rotatable bonds is 6. The molecule has 4 heteroatoms. The van der Waals surface area contributed by atoms with Gasteiger partial charge < -0.3 is 9.47 Å². The largest absolute Gasteiger partial charge is 0.490 e. The van der Waals surface area contributed by atoms with E-state index in [-0.39, 0.29) is 0 Å². The molecule has 2 rings (SSSR count). The normalized spacial score (nSPS) is 9.42. The molecule has 0 aliphatic rings. The fourth-order valence-electron chi connectivity index (χ4n) is 1.58. The molecule has 96 valence electrons. The fourth-order valence-corrected chi connectivity index (χ4v) is 1.58. The molecule has 0 aromatic heterocycles. The summed E-state index contributed by atoms with van der Waals surface area (Å²) in [5.74, 6) is 1.45. The van der Waals surface area contributed by atoms with E-state index in [1.54, 1.807) is 6.07 Å². The van der Waals surface area contributed by atoms with Crippen molar-refractivity contribution in [3.8, 4) is 17.7 Å². The molecule has 0 radical (unpaired) electrons. The van der Waals surface area contributed by atoms with Crippen LogP contribution < -0.4 is 14.8 Å². The summed E-state index contributed by atoms with van der Waals surface area (Å²) >= 11 is 0. The molecule has 0 amide bonds. The van der Waals surface area contributed by atoms with Crippen LogP contribution in [-0.2, 0) is 0 Å². The Hall–Kier alpha value is -2.67. The van der Waals surface area contributed by atoms with E-state index in [1.165, 1.54) is 0 Å². The molecule has 1 N–H and O–H groups in total. The predicted molar refractivity (Wildman–Crippen MR) is 73.1 cm³/mol. The number of nitriles is 1. The second kappa shape index (κ2) is 6.92. The smallest absolute Gasteiger partial charge is 0.181 e. The monoisotopic (exact) mass is 254 g/mol. The highest BCUT2D eigenvalue weighted by atomic mass is 16.5. The summed E-state index contributed by atoms with van der Waals surface area (Å²) in [4.78, 5) is 0. The standard InChI is InChI=1S/C15H14N2O2/c16-12-17-14-8-4-5-9-15(14)19-11-10-18-13-6-2-1-3-7-13/h1-9,17H,10-11H2. The fraction of sp³-hybridized carbons (Fsp3) is 0.133. The third-order valence-electron chi connectivity index (χ3n) is 2.43. The van der Waals surface area contributed by atoms with Gasteiger partial charge in [0.1, 0.15) is 24.7 Å². The lowest BCUT2D eigenvalue weighted by Crippen LogP contribution is -2.09. The van der Waals surface area contributed by atoms with Crippen molar-refractivity contribution in [1.82, 2.24) is 0 Å². The van der Waals surface area contributed by atoms with Gasteiger partial charge >= 0.3 is 0 Å². The van der Waals surface area contributed by atoms with E-state index in [0.717, 1.165) is 5.75 Å². The highest BCUT2D eigenvalue weighted by Crippen LogP contribution is 2.23. The molecule has 0 saturated carbocycles. The number of para-hydroxylation sites is 3. The van der Waals surface area contributed by atoms with Gasteiger partial charge in [-0.3, -0.25) is 5.32 Å². The van der Waals surface area contributed by atoms with Crippen LogP contribution in [0.3, 0.4) is 0 Å². The van der Waals surface area contributed by atoms with Gasteiger partial charge in [0.25, 0.3) is 0 Å². The summed E-state index contributed by atoms with van der Waals surface area (Å²) in [5, 5.41) is 11.2. The molecular formula is C15H14N2O2. The average Bonchev–Trinajstić information content (AvgIpc) is 2.47. The molecule has 0 heterocycles. The van der Waals surface area contributed by atoms with Gasteiger partial charge in [0.05, 0.1) is 5.69 Å². The minimum Gasteiger partial charge on any atom is -0.490 e. The van der Waals surface area contributed by atoms with E-state index >= 15 is 0 Å². The molecule has 0 bridgehead atoms. The summed E-state index contributed by atoms with van der Waals surface area (Å²) in [7, 11) is 0. The van der Waals surface area contributed by atoms with Crippen LogP contribution in [0.5, 0.6) is 11.5 Å². The average molecular weight is 254 g/mol. The number of ether oxygens (including phenoxy) is 2. The molecular weight excluding hydrogens is 240 g/mol. The summed E-state index contributed by atoms with van der Waals surface area (Å²) in [5.41, 5.74) is 0.657. The Bertz CT molecular complexity index is 550. The maximum atomic E-state index is 8.62. The maximum Gasteiger partial charge on any atom is 0.181 e. The van der Waals surface area contributed by atoms with Crippen molar-refractivity contribution in [3.63, 3.8) is 0 Å². The van der Waals surface area contributed by atoms with Crippen molar-refractivity contribution in [2.45, 2.75) is 0 Å². The summed E-state index contributed by atoms with van der Waals surface area (Å²) in [6.45, 7) is 0.865. The first kappa shape index (κ1) is 12.8. The molecule has 0 aliphatic heterocycles. The lowest BCUT2D eigenvalue weighted by Gasteiger charge is -2.10. The van der Waals surface area contributed by atoms with E-state index < -0.39 is 0 Å². The van der Waals surface area contributed by atoms with E-state index in [0.29, 0.717) is 24.7 Å². The topological polar surface area (TPSA) is 54.3 Å². The van der Waals surface area contributed by atoms with Crippen LogP contribution in [0, 0.1) is 11.5 Å². The second-order valence-electron chi connectivity index (χ2n) is 3.74. The predicted octanol–water partition coefficient (Wildman–Crippen LogP) is 3.04. The van der Waals surface area contributed by atoms with E-state index in [1.807, 2.05) is 54.7 Å². The van der Waals surface area contributed by atoms with Gasteiger partial charge in [-0.25, -0.2) is 0 Å². The molecule has 0 saturated heterocycles. The van der Waals surface area contributed by atoms with Crippen molar-refractivity contribution in [1.29, 1.82) is 5.26 Å². The van der Waals surface area contributed by atoms with Crippen LogP contribution in [0.2, 0.25) is 0 Å². The second-order valence-corrected chi connectivity index (χ2v) is 3.74.